The van der Waals surface area contributed by atoms with Crippen molar-refractivity contribution in [1.82, 2.24) is 15.5 Å². The van der Waals surface area contributed by atoms with Gasteiger partial charge in [-0.3, -0.25) is 14.4 Å². The van der Waals surface area contributed by atoms with Gasteiger partial charge >= 0.3 is 0 Å². The Morgan fingerprint density at radius 3 is 2.78 bits per heavy atom. The lowest BCUT2D eigenvalue weighted by atomic mass is 10.1. The summed E-state index contributed by atoms with van der Waals surface area (Å²) in [5.41, 5.74) is 1.07. The molecule has 0 radical (unpaired) electrons. The lowest BCUT2D eigenvalue weighted by Crippen LogP contribution is -2.41. The monoisotopic (exact) mass is 368 g/mol. The van der Waals surface area contributed by atoms with E-state index in [0.29, 0.717) is 17.1 Å². The minimum absolute atomic E-state index is 0.0993. The predicted octanol–water partition coefficient (Wildman–Crippen LogP) is 1.90. The molecular formula is C19H20N4O4. The number of pyridine rings is 1. The molecule has 3 N–H and O–H groups in total. The third-order valence-electron chi connectivity index (χ3n) is 4.10. The molecule has 0 spiro atoms. The highest BCUT2D eigenvalue weighted by molar-refractivity contribution is 5.96. The highest BCUT2D eigenvalue weighted by atomic mass is 16.5. The van der Waals surface area contributed by atoms with Gasteiger partial charge in [0.2, 0.25) is 11.8 Å². The van der Waals surface area contributed by atoms with Crippen LogP contribution in [0.3, 0.4) is 0 Å². The SMILES string of the molecule is Cc1cc(NC(=O)[C@@H](C)NC(=O)CCc2cc3ccccc3[nH]c2=O)no1. The summed E-state index contributed by atoms with van der Waals surface area (Å²) in [6, 6.07) is 10.1. The molecule has 3 aromatic rings. The lowest BCUT2D eigenvalue weighted by Gasteiger charge is -2.12. The number of carbonyl (C=O) groups excluding carboxylic acids is 2. The zero-order chi connectivity index (χ0) is 19.4. The van der Waals surface area contributed by atoms with Crippen molar-refractivity contribution in [1.29, 1.82) is 0 Å². The molecule has 0 saturated carbocycles. The molecule has 27 heavy (non-hydrogen) atoms. The van der Waals surface area contributed by atoms with E-state index in [1.54, 1.807) is 26.0 Å². The smallest absolute Gasteiger partial charge is 0.251 e. The summed E-state index contributed by atoms with van der Waals surface area (Å²) < 4.78 is 4.87. The van der Waals surface area contributed by atoms with E-state index >= 15 is 0 Å². The third kappa shape index (κ3) is 4.60. The average Bonchev–Trinajstić information content (AvgIpc) is 3.04. The second-order valence-electron chi connectivity index (χ2n) is 6.31. The van der Waals surface area contributed by atoms with Gasteiger partial charge in [-0.15, -0.1) is 0 Å². The summed E-state index contributed by atoms with van der Waals surface area (Å²) in [7, 11) is 0. The molecule has 8 heteroatoms. The average molecular weight is 368 g/mol. The lowest BCUT2D eigenvalue weighted by molar-refractivity contribution is -0.126. The number of aryl methyl sites for hydroxylation is 2. The van der Waals surface area contributed by atoms with Crippen LogP contribution in [0.5, 0.6) is 0 Å². The Hall–Kier alpha value is -3.42. The first-order valence-corrected chi connectivity index (χ1v) is 8.57. The molecule has 2 aromatic heterocycles. The predicted molar refractivity (Wildman–Crippen MR) is 100 cm³/mol. The summed E-state index contributed by atoms with van der Waals surface area (Å²) in [5, 5.41) is 9.75. The Morgan fingerprint density at radius 1 is 1.26 bits per heavy atom. The number of nitrogens with zero attached hydrogens (tertiary/aromatic N) is 1. The Labute approximate surface area is 154 Å². The Kier molecular flexibility index (Phi) is 5.35. The van der Waals surface area contributed by atoms with Gasteiger partial charge in [0, 0.05) is 23.6 Å². The van der Waals surface area contributed by atoms with E-state index in [9.17, 15) is 14.4 Å². The molecule has 1 atom stereocenters. The van der Waals surface area contributed by atoms with Crippen LogP contribution in [-0.2, 0) is 16.0 Å². The number of amides is 2. The standard InChI is InChI=1S/C19H20N4O4/c1-11-9-16(23-27-11)22-18(25)12(2)20-17(24)8-7-14-10-13-5-3-4-6-15(13)21-19(14)26/h3-6,9-10,12H,7-8H2,1-2H3,(H,20,24)(H,21,26)(H,22,23,25)/t12-/m1/s1. The van der Waals surface area contributed by atoms with E-state index < -0.39 is 11.9 Å². The van der Waals surface area contributed by atoms with Crippen LogP contribution in [0.25, 0.3) is 10.9 Å². The summed E-state index contributed by atoms with van der Waals surface area (Å²) in [5.74, 6) is 0.144. The van der Waals surface area contributed by atoms with Crippen LogP contribution < -0.4 is 16.2 Å². The molecule has 1 aromatic carbocycles. The van der Waals surface area contributed by atoms with Gasteiger partial charge in [-0.1, -0.05) is 23.4 Å². The minimum Gasteiger partial charge on any atom is -0.360 e. The molecule has 0 aliphatic heterocycles. The molecule has 3 rings (SSSR count). The van der Waals surface area contributed by atoms with Crippen LogP contribution >= 0.6 is 0 Å². The number of anilines is 1. The van der Waals surface area contributed by atoms with Gasteiger partial charge in [-0.05, 0) is 37.8 Å². The molecule has 0 fully saturated rings. The van der Waals surface area contributed by atoms with Gasteiger partial charge in [0.15, 0.2) is 5.82 Å². The Bertz CT molecular complexity index is 1040. The number of hydrogen-bond acceptors (Lipinski definition) is 5. The normalized spacial score (nSPS) is 11.9. The van der Waals surface area contributed by atoms with Crippen molar-refractivity contribution in [2.75, 3.05) is 5.32 Å². The molecule has 0 bridgehead atoms. The number of hydrogen-bond donors (Lipinski definition) is 3. The van der Waals surface area contributed by atoms with Crippen LogP contribution in [0.1, 0.15) is 24.7 Å². The first-order chi connectivity index (χ1) is 12.9. The molecule has 0 aliphatic rings. The summed E-state index contributed by atoms with van der Waals surface area (Å²) in [6.45, 7) is 3.28. The number of aromatic amines is 1. The molecule has 140 valence electrons. The number of nitrogens with one attached hydrogen (secondary N) is 3. The number of benzene rings is 1. The molecule has 0 unspecified atom stereocenters. The number of fused-ring (bicyclic) bond motifs is 1. The first kappa shape index (κ1) is 18.4. The third-order valence-corrected chi connectivity index (χ3v) is 4.10. The van der Waals surface area contributed by atoms with Crippen LogP contribution in [0.15, 0.2) is 45.7 Å². The van der Waals surface area contributed by atoms with Gasteiger partial charge in [0.25, 0.3) is 5.56 Å². The van der Waals surface area contributed by atoms with Crippen LogP contribution in [0, 0.1) is 6.92 Å². The van der Waals surface area contributed by atoms with Gasteiger partial charge in [0.1, 0.15) is 11.8 Å². The fraction of sp³-hybridized carbons (Fsp3) is 0.263. The fourth-order valence-electron chi connectivity index (χ4n) is 2.67. The van der Waals surface area contributed by atoms with Crippen molar-refractivity contribution < 1.29 is 14.1 Å². The van der Waals surface area contributed by atoms with Crippen molar-refractivity contribution in [3.05, 3.63) is 58.1 Å². The Morgan fingerprint density at radius 2 is 2.04 bits per heavy atom. The van der Waals surface area contributed by atoms with E-state index in [4.69, 9.17) is 4.52 Å². The summed E-state index contributed by atoms with van der Waals surface area (Å²) in [6.07, 6.45) is 0.380. The first-order valence-electron chi connectivity index (χ1n) is 8.57. The van der Waals surface area contributed by atoms with Gasteiger partial charge in [-0.2, -0.15) is 0 Å². The number of rotatable bonds is 6. The molecule has 0 saturated heterocycles. The van der Waals surface area contributed by atoms with Crippen molar-refractivity contribution in [2.24, 2.45) is 0 Å². The summed E-state index contributed by atoms with van der Waals surface area (Å²) in [4.78, 5) is 39.1. The van der Waals surface area contributed by atoms with Crippen LogP contribution in [0.2, 0.25) is 0 Å². The zero-order valence-electron chi connectivity index (χ0n) is 15.0. The zero-order valence-corrected chi connectivity index (χ0v) is 15.0. The number of H-pyrrole nitrogens is 1. The van der Waals surface area contributed by atoms with E-state index in [0.717, 1.165) is 10.9 Å². The van der Waals surface area contributed by atoms with Gasteiger partial charge in [0.05, 0.1) is 0 Å². The Balaban J connectivity index is 1.55. The second kappa shape index (κ2) is 7.86. The molecule has 2 heterocycles. The highest BCUT2D eigenvalue weighted by Crippen LogP contribution is 2.11. The minimum atomic E-state index is -0.746. The van der Waals surface area contributed by atoms with Crippen molar-refractivity contribution in [3.8, 4) is 0 Å². The van der Waals surface area contributed by atoms with Crippen molar-refractivity contribution in [2.45, 2.75) is 32.7 Å². The van der Waals surface area contributed by atoms with Crippen LogP contribution in [0.4, 0.5) is 5.82 Å². The van der Waals surface area contributed by atoms with E-state index in [1.807, 2.05) is 24.3 Å². The molecule has 8 nitrogen and oxygen atoms in total. The molecular weight excluding hydrogens is 348 g/mol. The highest BCUT2D eigenvalue weighted by Gasteiger charge is 2.17. The number of aromatic nitrogens is 2. The number of para-hydroxylation sites is 1. The van der Waals surface area contributed by atoms with E-state index in [1.165, 1.54) is 0 Å². The van der Waals surface area contributed by atoms with Gasteiger partial charge in [-0.25, -0.2) is 0 Å². The molecule has 2 amide bonds. The topological polar surface area (TPSA) is 117 Å². The van der Waals surface area contributed by atoms with Crippen molar-refractivity contribution >= 4 is 28.5 Å². The van der Waals surface area contributed by atoms with Gasteiger partial charge < -0.3 is 20.1 Å². The van der Waals surface area contributed by atoms with Crippen LogP contribution in [-0.4, -0.2) is 28.0 Å². The molecule has 0 aliphatic carbocycles. The maximum Gasteiger partial charge on any atom is 0.251 e. The van der Waals surface area contributed by atoms with E-state index in [2.05, 4.69) is 20.8 Å². The largest absolute Gasteiger partial charge is 0.360 e. The van der Waals surface area contributed by atoms with E-state index in [-0.39, 0.29) is 24.3 Å². The maximum atomic E-state index is 12.1. The second-order valence-corrected chi connectivity index (χ2v) is 6.31. The maximum absolute atomic E-state index is 12.1. The quantitative estimate of drug-likeness (QED) is 0.614. The van der Waals surface area contributed by atoms with Crippen molar-refractivity contribution in [3.63, 3.8) is 0 Å². The summed E-state index contributed by atoms with van der Waals surface area (Å²) >= 11 is 0. The fourth-order valence-corrected chi connectivity index (χ4v) is 2.67. The number of carbonyl (C=O) groups is 2.